The number of aromatic nitrogens is 3. The minimum absolute atomic E-state index is 0.294. The lowest BCUT2D eigenvalue weighted by atomic mass is 10.2. The molecule has 0 spiro atoms. The van der Waals surface area contributed by atoms with Gasteiger partial charge in [0.1, 0.15) is 5.75 Å². The fraction of sp³-hybridized carbons (Fsp3) is 0.227. The summed E-state index contributed by atoms with van der Waals surface area (Å²) in [5.41, 5.74) is 4.50. The first-order valence-corrected chi connectivity index (χ1v) is 10.3. The number of nitrogens with one attached hydrogen (secondary N) is 2. The standard InChI is InChI=1S/C22H23N7O4/c30-19(31)15-33-18-8-6-16(7-9-18)14-23-28-21-25-20(24-17-4-2-1-3-5-17)26-22(27-21)29-10-12-32-13-11-29/h1-9,14H,10-13,15H2,(H,30,31)(H2,24,25,26,27,28). The van der Waals surface area contributed by atoms with E-state index in [0.717, 1.165) is 11.3 Å². The number of ether oxygens (including phenoxy) is 2. The lowest BCUT2D eigenvalue weighted by Gasteiger charge is -2.27. The third-order valence-electron chi connectivity index (χ3n) is 4.57. The normalized spacial score (nSPS) is 13.6. The average Bonchev–Trinajstić information content (AvgIpc) is 2.84. The van der Waals surface area contributed by atoms with Gasteiger partial charge >= 0.3 is 5.97 Å². The van der Waals surface area contributed by atoms with Crippen molar-refractivity contribution in [3.05, 3.63) is 60.2 Å². The van der Waals surface area contributed by atoms with Crippen LogP contribution in [-0.4, -0.2) is 65.2 Å². The molecule has 1 aliphatic heterocycles. The summed E-state index contributed by atoms with van der Waals surface area (Å²) >= 11 is 0. The zero-order valence-electron chi connectivity index (χ0n) is 17.7. The molecule has 2 aromatic carbocycles. The van der Waals surface area contributed by atoms with Crippen LogP contribution < -0.4 is 20.4 Å². The molecule has 0 unspecified atom stereocenters. The van der Waals surface area contributed by atoms with Gasteiger partial charge in [-0.2, -0.15) is 20.1 Å². The van der Waals surface area contributed by atoms with Crippen molar-refractivity contribution < 1.29 is 19.4 Å². The van der Waals surface area contributed by atoms with Gasteiger partial charge in [-0.05, 0) is 42.0 Å². The summed E-state index contributed by atoms with van der Waals surface area (Å²) in [5, 5.41) is 16.1. The van der Waals surface area contributed by atoms with E-state index >= 15 is 0 Å². The van der Waals surface area contributed by atoms with E-state index in [1.807, 2.05) is 35.2 Å². The summed E-state index contributed by atoms with van der Waals surface area (Å²) in [6.45, 7) is 2.21. The maximum absolute atomic E-state index is 10.6. The number of rotatable bonds is 9. The van der Waals surface area contributed by atoms with E-state index in [1.165, 1.54) is 0 Å². The summed E-state index contributed by atoms with van der Waals surface area (Å²) in [6.07, 6.45) is 1.60. The number of nitrogens with zero attached hydrogens (tertiary/aromatic N) is 5. The Hall–Kier alpha value is -4.25. The molecule has 0 aliphatic carbocycles. The molecule has 1 fully saturated rings. The average molecular weight is 449 g/mol. The van der Waals surface area contributed by atoms with Crippen molar-refractivity contribution in [3.63, 3.8) is 0 Å². The zero-order chi connectivity index (χ0) is 22.9. The second-order valence-corrected chi connectivity index (χ2v) is 6.99. The van der Waals surface area contributed by atoms with E-state index in [0.29, 0.717) is 49.9 Å². The van der Waals surface area contributed by atoms with Crippen LogP contribution in [0.3, 0.4) is 0 Å². The minimum Gasteiger partial charge on any atom is -0.482 e. The highest BCUT2D eigenvalue weighted by Crippen LogP contribution is 2.18. The molecule has 3 aromatic rings. The van der Waals surface area contributed by atoms with Crippen molar-refractivity contribution in [2.45, 2.75) is 0 Å². The van der Waals surface area contributed by atoms with Gasteiger partial charge in [-0.15, -0.1) is 0 Å². The fourth-order valence-electron chi connectivity index (χ4n) is 2.99. The van der Waals surface area contributed by atoms with Crippen LogP contribution in [0.4, 0.5) is 23.5 Å². The first-order valence-electron chi connectivity index (χ1n) is 10.3. The van der Waals surface area contributed by atoms with Gasteiger partial charge in [0.25, 0.3) is 0 Å². The summed E-state index contributed by atoms with van der Waals surface area (Å²) in [4.78, 5) is 26.1. The number of aliphatic carboxylic acids is 1. The van der Waals surface area contributed by atoms with Gasteiger partial charge in [0.05, 0.1) is 19.4 Å². The Morgan fingerprint density at radius 1 is 1.06 bits per heavy atom. The van der Waals surface area contributed by atoms with Crippen molar-refractivity contribution in [2.75, 3.05) is 48.6 Å². The predicted molar refractivity (Wildman–Crippen MR) is 123 cm³/mol. The van der Waals surface area contributed by atoms with Gasteiger partial charge in [-0.1, -0.05) is 18.2 Å². The molecular formula is C22H23N7O4. The highest BCUT2D eigenvalue weighted by molar-refractivity contribution is 5.80. The van der Waals surface area contributed by atoms with Gasteiger partial charge < -0.3 is 24.8 Å². The molecule has 0 atom stereocenters. The van der Waals surface area contributed by atoms with E-state index in [2.05, 4.69) is 30.8 Å². The van der Waals surface area contributed by atoms with Crippen LogP contribution in [0, 0.1) is 0 Å². The molecule has 1 aromatic heterocycles. The van der Waals surface area contributed by atoms with Crippen molar-refractivity contribution >= 4 is 35.7 Å². The van der Waals surface area contributed by atoms with Crippen molar-refractivity contribution in [2.24, 2.45) is 5.10 Å². The zero-order valence-corrected chi connectivity index (χ0v) is 17.7. The number of carbonyl (C=O) groups is 1. The number of hydrogen-bond acceptors (Lipinski definition) is 10. The lowest BCUT2D eigenvalue weighted by Crippen LogP contribution is -2.37. The number of hydrogen-bond donors (Lipinski definition) is 3. The Morgan fingerprint density at radius 3 is 2.52 bits per heavy atom. The Bertz CT molecular complexity index is 1090. The predicted octanol–water partition coefficient (Wildman–Crippen LogP) is 2.36. The fourth-order valence-corrected chi connectivity index (χ4v) is 2.99. The number of benzene rings is 2. The molecule has 2 heterocycles. The molecule has 4 rings (SSSR count). The first-order chi connectivity index (χ1) is 16.2. The van der Waals surface area contributed by atoms with Crippen molar-refractivity contribution in [1.82, 2.24) is 15.0 Å². The second-order valence-electron chi connectivity index (χ2n) is 6.99. The molecule has 11 nitrogen and oxygen atoms in total. The molecular weight excluding hydrogens is 426 g/mol. The molecule has 33 heavy (non-hydrogen) atoms. The monoisotopic (exact) mass is 449 g/mol. The number of anilines is 4. The van der Waals surface area contributed by atoms with Crippen LogP contribution >= 0.6 is 0 Å². The van der Waals surface area contributed by atoms with Gasteiger partial charge in [0.15, 0.2) is 6.61 Å². The molecule has 0 radical (unpaired) electrons. The van der Waals surface area contributed by atoms with Gasteiger partial charge in [0.2, 0.25) is 17.8 Å². The van der Waals surface area contributed by atoms with Crippen LogP contribution in [0.1, 0.15) is 5.56 Å². The van der Waals surface area contributed by atoms with E-state index in [-0.39, 0.29) is 6.61 Å². The quantitative estimate of drug-likeness (QED) is 0.330. The first kappa shape index (κ1) is 22.0. The molecule has 0 bridgehead atoms. The number of carboxylic acids is 1. The van der Waals surface area contributed by atoms with Crippen LogP contribution in [-0.2, 0) is 9.53 Å². The third kappa shape index (κ3) is 6.61. The number of carboxylic acid groups (broad SMARTS) is 1. The maximum Gasteiger partial charge on any atom is 0.341 e. The van der Waals surface area contributed by atoms with Crippen LogP contribution in [0.5, 0.6) is 5.75 Å². The number of morpholine rings is 1. The summed E-state index contributed by atoms with van der Waals surface area (Å²) in [6, 6.07) is 16.5. The van der Waals surface area contributed by atoms with Crippen LogP contribution in [0.2, 0.25) is 0 Å². The molecule has 0 amide bonds. The van der Waals surface area contributed by atoms with E-state index in [4.69, 9.17) is 14.6 Å². The number of para-hydroxylation sites is 1. The SMILES string of the molecule is O=C(O)COc1ccc(C=NNc2nc(Nc3ccccc3)nc(N3CCOCC3)n2)cc1. The molecule has 170 valence electrons. The summed E-state index contributed by atoms with van der Waals surface area (Å²) < 4.78 is 10.5. The smallest absolute Gasteiger partial charge is 0.341 e. The Labute approximate surface area is 190 Å². The highest BCUT2D eigenvalue weighted by Gasteiger charge is 2.16. The summed E-state index contributed by atoms with van der Waals surface area (Å²) in [7, 11) is 0. The van der Waals surface area contributed by atoms with Gasteiger partial charge in [0, 0.05) is 18.8 Å². The Balaban J connectivity index is 1.47. The van der Waals surface area contributed by atoms with Crippen molar-refractivity contribution in [1.29, 1.82) is 0 Å². The largest absolute Gasteiger partial charge is 0.482 e. The molecule has 11 heteroatoms. The highest BCUT2D eigenvalue weighted by atomic mass is 16.5. The lowest BCUT2D eigenvalue weighted by molar-refractivity contribution is -0.139. The number of hydrazone groups is 1. The third-order valence-corrected chi connectivity index (χ3v) is 4.57. The van der Waals surface area contributed by atoms with Crippen LogP contribution in [0.25, 0.3) is 0 Å². The molecule has 1 saturated heterocycles. The minimum atomic E-state index is -1.03. The molecule has 0 saturated carbocycles. The maximum atomic E-state index is 10.6. The van der Waals surface area contributed by atoms with E-state index in [9.17, 15) is 4.79 Å². The van der Waals surface area contributed by atoms with Crippen LogP contribution in [0.15, 0.2) is 59.7 Å². The Morgan fingerprint density at radius 2 is 1.79 bits per heavy atom. The van der Waals surface area contributed by atoms with E-state index < -0.39 is 5.97 Å². The second kappa shape index (κ2) is 10.9. The molecule has 1 aliphatic rings. The molecule has 3 N–H and O–H groups in total. The topological polar surface area (TPSA) is 134 Å². The Kier molecular flexibility index (Phi) is 7.23. The van der Waals surface area contributed by atoms with Gasteiger partial charge in [-0.3, -0.25) is 0 Å². The van der Waals surface area contributed by atoms with Crippen molar-refractivity contribution in [3.8, 4) is 5.75 Å². The van der Waals surface area contributed by atoms with E-state index in [1.54, 1.807) is 30.5 Å². The van der Waals surface area contributed by atoms with Gasteiger partial charge in [-0.25, -0.2) is 10.2 Å². The summed E-state index contributed by atoms with van der Waals surface area (Å²) in [5.74, 6) is 0.661.